The van der Waals surface area contributed by atoms with Crippen molar-refractivity contribution in [3.63, 3.8) is 0 Å². The molecule has 0 atom stereocenters. The summed E-state index contributed by atoms with van der Waals surface area (Å²) >= 11 is 6.15. The molecule has 4 rings (SSSR count). The number of rotatable bonds is 5. The van der Waals surface area contributed by atoms with E-state index in [1.807, 2.05) is 18.2 Å². The van der Waals surface area contributed by atoms with Crippen molar-refractivity contribution in [3.8, 4) is 0 Å². The maximum absolute atomic E-state index is 6.15. The zero-order valence-electron chi connectivity index (χ0n) is 16.1. The van der Waals surface area contributed by atoms with Crippen LogP contribution in [0.4, 0.5) is 0 Å². The average Bonchev–Trinajstić information content (AvgIpc) is 3.38. The van der Waals surface area contributed by atoms with Crippen LogP contribution in [0.25, 0.3) is 10.9 Å². The number of halogens is 1. The van der Waals surface area contributed by atoms with Gasteiger partial charge in [-0.25, -0.2) is 4.98 Å². The van der Waals surface area contributed by atoms with E-state index in [0.29, 0.717) is 5.92 Å². The highest BCUT2D eigenvalue weighted by Crippen LogP contribution is 2.25. The van der Waals surface area contributed by atoms with Crippen molar-refractivity contribution in [2.24, 2.45) is 4.99 Å². The average molecular weight is 400 g/mol. The van der Waals surface area contributed by atoms with Crippen molar-refractivity contribution in [3.05, 3.63) is 47.1 Å². The van der Waals surface area contributed by atoms with E-state index in [-0.39, 0.29) is 0 Å². The molecule has 0 bridgehead atoms. The van der Waals surface area contributed by atoms with Crippen molar-refractivity contribution in [2.75, 3.05) is 26.2 Å². The predicted molar refractivity (Wildman–Crippen MR) is 113 cm³/mol. The predicted octanol–water partition coefficient (Wildman–Crippen LogP) is 3.33. The molecule has 2 aromatic heterocycles. The Morgan fingerprint density at radius 2 is 2.21 bits per heavy atom. The van der Waals surface area contributed by atoms with E-state index in [1.165, 1.54) is 10.9 Å². The minimum Gasteiger partial charge on any atom is -0.361 e. The highest BCUT2D eigenvalue weighted by molar-refractivity contribution is 6.31. The van der Waals surface area contributed by atoms with Crippen LogP contribution >= 0.6 is 11.6 Å². The standard InChI is InChI=1S/C20H26ClN7/c1-2-22-20(28-9-6-14(7-10-28)19-25-13-26-27-19)23-8-5-15-12-24-18-4-3-16(21)11-17(15)18/h3-4,11-14,24H,2,5-10H2,1H3,(H,22,23)(H,25,26,27). The highest BCUT2D eigenvalue weighted by Gasteiger charge is 2.24. The lowest BCUT2D eigenvalue weighted by Crippen LogP contribution is -2.45. The Balaban J connectivity index is 1.38. The normalized spacial score (nSPS) is 16.1. The number of aromatic amines is 2. The summed E-state index contributed by atoms with van der Waals surface area (Å²) in [6.07, 6.45) is 6.64. The van der Waals surface area contributed by atoms with Gasteiger partial charge in [0.1, 0.15) is 12.2 Å². The number of guanidine groups is 1. The second-order valence-electron chi connectivity index (χ2n) is 7.12. The Morgan fingerprint density at radius 3 is 2.96 bits per heavy atom. The van der Waals surface area contributed by atoms with Gasteiger partial charge in [0.25, 0.3) is 0 Å². The lowest BCUT2D eigenvalue weighted by atomic mass is 9.96. The second-order valence-corrected chi connectivity index (χ2v) is 7.56. The van der Waals surface area contributed by atoms with Crippen LogP contribution < -0.4 is 5.32 Å². The van der Waals surface area contributed by atoms with Crippen LogP contribution in [-0.2, 0) is 6.42 Å². The number of H-pyrrole nitrogens is 2. The first-order chi connectivity index (χ1) is 13.7. The molecule has 8 heteroatoms. The maximum atomic E-state index is 6.15. The van der Waals surface area contributed by atoms with E-state index in [0.717, 1.165) is 67.8 Å². The summed E-state index contributed by atoms with van der Waals surface area (Å²) in [5.74, 6) is 2.45. The van der Waals surface area contributed by atoms with Gasteiger partial charge in [0, 0.05) is 54.2 Å². The summed E-state index contributed by atoms with van der Waals surface area (Å²) in [7, 11) is 0. The van der Waals surface area contributed by atoms with Gasteiger partial charge in [0.05, 0.1) is 0 Å². The monoisotopic (exact) mass is 399 g/mol. The largest absolute Gasteiger partial charge is 0.361 e. The summed E-state index contributed by atoms with van der Waals surface area (Å²) < 4.78 is 0. The second kappa shape index (κ2) is 8.65. The van der Waals surface area contributed by atoms with Gasteiger partial charge in [-0.15, -0.1) is 0 Å². The Kier molecular flexibility index (Phi) is 5.81. The summed E-state index contributed by atoms with van der Waals surface area (Å²) in [5.41, 5.74) is 2.37. The molecule has 1 saturated heterocycles. The lowest BCUT2D eigenvalue weighted by Gasteiger charge is -2.33. The van der Waals surface area contributed by atoms with Crippen LogP contribution in [0, 0.1) is 0 Å². The van der Waals surface area contributed by atoms with Gasteiger partial charge in [-0.3, -0.25) is 10.1 Å². The number of nitrogens with one attached hydrogen (secondary N) is 3. The molecule has 0 aliphatic carbocycles. The number of aliphatic imine (C=N–C) groups is 1. The number of hydrogen-bond acceptors (Lipinski definition) is 3. The maximum Gasteiger partial charge on any atom is 0.193 e. The molecule has 0 radical (unpaired) electrons. The van der Waals surface area contributed by atoms with E-state index in [2.05, 4.69) is 43.5 Å². The number of fused-ring (bicyclic) bond motifs is 1. The van der Waals surface area contributed by atoms with Crippen LogP contribution in [0.1, 0.15) is 37.1 Å². The SMILES string of the molecule is CCNC(=NCCc1c[nH]c2ccc(Cl)cc12)N1CCC(c2ncn[nH]2)CC1. The smallest absolute Gasteiger partial charge is 0.193 e. The van der Waals surface area contributed by atoms with E-state index in [1.54, 1.807) is 6.33 Å². The third-order valence-corrected chi connectivity index (χ3v) is 5.56. The zero-order valence-corrected chi connectivity index (χ0v) is 16.8. The van der Waals surface area contributed by atoms with Crippen molar-refractivity contribution in [1.29, 1.82) is 0 Å². The molecule has 3 heterocycles. The first kappa shape index (κ1) is 18.8. The molecule has 1 aromatic carbocycles. The van der Waals surface area contributed by atoms with E-state index >= 15 is 0 Å². The molecule has 1 fully saturated rings. The van der Waals surface area contributed by atoms with Gasteiger partial charge in [-0.05, 0) is 49.9 Å². The summed E-state index contributed by atoms with van der Waals surface area (Å²) in [5, 5.41) is 12.4. The minimum absolute atomic E-state index is 0.456. The number of hydrogen-bond donors (Lipinski definition) is 3. The quantitative estimate of drug-likeness (QED) is 0.453. The van der Waals surface area contributed by atoms with Gasteiger partial charge in [-0.2, -0.15) is 5.10 Å². The molecule has 3 N–H and O–H groups in total. The van der Waals surface area contributed by atoms with E-state index < -0.39 is 0 Å². The lowest BCUT2D eigenvalue weighted by molar-refractivity contribution is 0.299. The third kappa shape index (κ3) is 4.14. The fourth-order valence-corrected chi connectivity index (χ4v) is 4.01. The van der Waals surface area contributed by atoms with Crippen LogP contribution in [0.2, 0.25) is 5.02 Å². The fourth-order valence-electron chi connectivity index (χ4n) is 3.84. The van der Waals surface area contributed by atoms with Gasteiger partial charge in [-0.1, -0.05) is 11.6 Å². The van der Waals surface area contributed by atoms with Crippen molar-refractivity contribution in [2.45, 2.75) is 32.1 Å². The van der Waals surface area contributed by atoms with Crippen molar-refractivity contribution < 1.29 is 0 Å². The van der Waals surface area contributed by atoms with Crippen molar-refractivity contribution >= 4 is 28.5 Å². The molecule has 7 nitrogen and oxygen atoms in total. The third-order valence-electron chi connectivity index (χ3n) is 5.32. The van der Waals surface area contributed by atoms with E-state index in [4.69, 9.17) is 16.6 Å². The van der Waals surface area contributed by atoms with Gasteiger partial charge >= 0.3 is 0 Å². The number of piperidine rings is 1. The molecule has 28 heavy (non-hydrogen) atoms. The topological polar surface area (TPSA) is 85.0 Å². The zero-order chi connectivity index (χ0) is 19.3. The Labute approximate surface area is 169 Å². The molecule has 0 saturated carbocycles. The molecule has 1 aliphatic rings. The van der Waals surface area contributed by atoms with Gasteiger partial charge < -0.3 is 15.2 Å². The number of nitrogens with zero attached hydrogens (tertiary/aromatic N) is 4. The summed E-state index contributed by atoms with van der Waals surface area (Å²) in [6, 6.07) is 5.95. The molecule has 148 valence electrons. The number of likely N-dealkylation sites (tertiary alicyclic amines) is 1. The first-order valence-electron chi connectivity index (χ1n) is 9.88. The molecule has 0 unspecified atom stereocenters. The van der Waals surface area contributed by atoms with Crippen LogP contribution in [-0.4, -0.2) is 57.2 Å². The Bertz CT molecular complexity index is 923. The van der Waals surface area contributed by atoms with Crippen LogP contribution in [0.3, 0.4) is 0 Å². The molecule has 1 aliphatic heterocycles. The number of aromatic nitrogens is 4. The summed E-state index contributed by atoms with van der Waals surface area (Å²) in [4.78, 5) is 14.9. The summed E-state index contributed by atoms with van der Waals surface area (Å²) in [6.45, 7) is 5.66. The van der Waals surface area contributed by atoms with Gasteiger partial charge in [0.2, 0.25) is 0 Å². The molecular formula is C20H26ClN7. The molecule has 0 spiro atoms. The minimum atomic E-state index is 0.456. The van der Waals surface area contributed by atoms with Crippen molar-refractivity contribution in [1.82, 2.24) is 30.4 Å². The Morgan fingerprint density at radius 1 is 1.36 bits per heavy atom. The van der Waals surface area contributed by atoms with E-state index in [9.17, 15) is 0 Å². The first-order valence-corrected chi connectivity index (χ1v) is 10.3. The van der Waals surface area contributed by atoms with Crippen LogP contribution in [0.15, 0.2) is 35.7 Å². The Hall–Kier alpha value is -2.54. The molecular weight excluding hydrogens is 374 g/mol. The number of benzene rings is 1. The fraction of sp³-hybridized carbons (Fsp3) is 0.450. The van der Waals surface area contributed by atoms with Gasteiger partial charge in [0.15, 0.2) is 5.96 Å². The van der Waals surface area contributed by atoms with Crippen LogP contribution in [0.5, 0.6) is 0 Å². The highest BCUT2D eigenvalue weighted by atomic mass is 35.5. The molecule has 0 amide bonds. The molecule has 3 aromatic rings.